The maximum Gasteiger partial charge on any atom is 0.133 e. The summed E-state index contributed by atoms with van der Waals surface area (Å²) in [5, 5.41) is 0. The Bertz CT molecular complexity index is 185. The van der Waals surface area contributed by atoms with Gasteiger partial charge in [-0.15, -0.1) is 0 Å². The summed E-state index contributed by atoms with van der Waals surface area (Å²) in [4.78, 5) is 11.2. The lowest BCUT2D eigenvalue weighted by molar-refractivity contribution is -0.123. The quantitative estimate of drug-likeness (QED) is 0.541. The van der Waals surface area contributed by atoms with Crippen molar-refractivity contribution in [3.8, 4) is 0 Å². The molecule has 2 rings (SSSR count). The Kier molecular flexibility index (Phi) is 2.20. The molecule has 0 spiro atoms. The number of fused-ring (bicyclic) bond motifs is 1. The largest absolute Gasteiger partial charge is 0.300 e. The number of hydrogen-bond donors (Lipinski definition) is 0. The van der Waals surface area contributed by atoms with Crippen molar-refractivity contribution in [1.29, 1.82) is 0 Å². The van der Waals surface area contributed by atoms with E-state index >= 15 is 0 Å². The molecule has 2 fully saturated rings. The number of carbonyl (C=O) groups excluding carboxylic acids is 1. The molecule has 0 radical (unpaired) electrons. The molecular formula is C11H18O. The van der Waals surface area contributed by atoms with Crippen molar-refractivity contribution in [2.75, 3.05) is 0 Å². The molecule has 0 bridgehead atoms. The maximum absolute atomic E-state index is 11.2. The minimum absolute atomic E-state index is 0.519. The predicted molar refractivity (Wildman–Crippen MR) is 48.9 cm³/mol. The molecule has 1 nitrogen and oxygen atoms in total. The molecule has 0 aromatic heterocycles. The third-order valence-corrected chi connectivity index (χ3v) is 3.69. The highest BCUT2D eigenvalue weighted by atomic mass is 16.1. The van der Waals surface area contributed by atoms with Gasteiger partial charge in [0.1, 0.15) is 5.78 Å². The van der Waals surface area contributed by atoms with Crippen molar-refractivity contribution >= 4 is 5.78 Å². The van der Waals surface area contributed by atoms with Gasteiger partial charge in [-0.25, -0.2) is 0 Å². The van der Waals surface area contributed by atoms with Crippen LogP contribution in [0.4, 0.5) is 0 Å². The Morgan fingerprint density at radius 1 is 1.17 bits per heavy atom. The number of Topliss-reactive ketones (excluding diaryl/α,β-unsaturated/α-hetero) is 1. The Morgan fingerprint density at radius 3 is 2.83 bits per heavy atom. The SMILES string of the molecule is C[C@H]1CC[C@H]2CC(=O)CC[C@@H]2C1. The van der Waals surface area contributed by atoms with Crippen LogP contribution in [-0.4, -0.2) is 5.78 Å². The lowest BCUT2D eigenvalue weighted by Gasteiger charge is -2.37. The molecule has 2 aliphatic carbocycles. The summed E-state index contributed by atoms with van der Waals surface area (Å²) in [6, 6.07) is 0. The first-order chi connectivity index (χ1) is 5.75. The lowest BCUT2D eigenvalue weighted by atomic mass is 9.68. The van der Waals surface area contributed by atoms with Crippen LogP contribution in [0.3, 0.4) is 0 Å². The Hall–Kier alpha value is -0.330. The van der Waals surface area contributed by atoms with Crippen LogP contribution < -0.4 is 0 Å². The van der Waals surface area contributed by atoms with Crippen LogP contribution in [0.5, 0.6) is 0 Å². The zero-order valence-corrected chi connectivity index (χ0v) is 7.88. The second-order valence-corrected chi connectivity index (χ2v) is 4.72. The van der Waals surface area contributed by atoms with Gasteiger partial charge in [0.2, 0.25) is 0 Å². The average Bonchev–Trinajstić information content (AvgIpc) is 2.05. The van der Waals surface area contributed by atoms with Crippen LogP contribution in [0.1, 0.15) is 45.4 Å². The normalized spacial score (nSPS) is 42.4. The van der Waals surface area contributed by atoms with Gasteiger partial charge in [0, 0.05) is 12.8 Å². The van der Waals surface area contributed by atoms with Gasteiger partial charge in [-0.1, -0.05) is 13.3 Å². The zero-order chi connectivity index (χ0) is 8.55. The van der Waals surface area contributed by atoms with Crippen molar-refractivity contribution in [2.24, 2.45) is 17.8 Å². The third-order valence-electron chi connectivity index (χ3n) is 3.69. The van der Waals surface area contributed by atoms with Gasteiger partial charge < -0.3 is 0 Å². The Morgan fingerprint density at radius 2 is 2.00 bits per heavy atom. The van der Waals surface area contributed by atoms with E-state index in [0.717, 1.165) is 30.6 Å². The second-order valence-electron chi connectivity index (χ2n) is 4.72. The smallest absolute Gasteiger partial charge is 0.133 e. The van der Waals surface area contributed by atoms with Crippen LogP contribution in [0.25, 0.3) is 0 Å². The molecule has 0 aliphatic heterocycles. The Balaban J connectivity index is 1.98. The molecule has 0 heterocycles. The highest BCUT2D eigenvalue weighted by molar-refractivity contribution is 5.79. The van der Waals surface area contributed by atoms with Crippen LogP contribution >= 0.6 is 0 Å². The van der Waals surface area contributed by atoms with Crippen molar-refractivity contribution < 1.29 is 4.79 Å². The molecule has 3 atom stereocenters. The van der Waals surface area contributed by atoms with Crippen molar-refractivity contribution in [1.82, 2.24) is 0 Å². The third kappa shape index (κ3) is 1.55. The van der Waals surface area contributed by atoms with E-state index in [4.69, 9.17) is 0 Å². The first-order valence-electron chi connectivity index (χ1n) is 5.27. The van der Waals surface area contributed by atoms with Crippen LogP contribution in [0.2, 0.25) is 0 Å². The first-order valence-corrected chi connectivity index (χ1v) is 5.27. The summed E-state index contributed by atoms with van der Waals surface area (Å²) in [5.74, 6) is 3.10. The van der Waals surface area contributed by atoms with E-state index in [1.165, 1.54) is 25.7 Å². The van der Waals surface area contributed by atoms with Gasteiger partial charge in [-0.05, 0) is 37.0 Å². The second kappa shape index (κ2) is 3.20. The number of carbonyl (C=O) groups is 1. The molecule has 0 amide bonds. The maximum atomic E-state index is 11.2. The molecule has 0 unspecified atom stereocenters. The molecule has 68 valence electrons. The van der Waals surface area contributed by atoms with Gasteiger partial charge in [-0.3, -0.25) is 4.79 Å². The fourth-order valence-corrected chi connectivity index (χ4v) is 2.92. The summed E-state index contributed by atoms with van der Waals surface area (Å²) in [7, 11) is 0. The average molecular weight is 166 g/mol. The number of rotatable bonds is 0. The van der Waals surface area contributed by atoms with Crippen molar-refractivity contribution in [3.63, 3.8) is 0 Å². The Labute approximate surface area is 74.5 Å². The fraction of sp³-hybridized carbons (Fsp3) is 0.909. The predicted octanol–water partition coefficient (Wildman–Crippen LogP) is 2.79. The molecule has 0 saturated heterocycles. The summed E-state index contributed by atoms with van der Waals surface area (Å²) >= 11 is 0. The highest BCUT2D eigenvalue weighted by Crippen LogP contribution is 2.41. The molecule has 0 aromatic rings. The molecule has 2 saturated carbocycles. The van der Waals surface area contributed by atoms with E-state index in [2.05, 4.69) is 6.92 Å². The molecule has 2 aliphatic rings. The van der Waals surface area contributed by atoms with Crippen molar-refractivity contribution in [2.45, 2.75) is 45.4 Å². The zero-order valence-electron chi connectivity index (χ0n) is 7.88. The van der Waals surface area contributed by atoms with Crippen LogP contribution in [-0.2, 0) is 4.79 Å². The molecular weight excluding hydrogens is 148 g/mol. The van der Waals surface area contributed by atoms with E-state index in [0.29, 0.717) is 5.78 Å². The number of ketones is 1. The molecule has 0 N–H and O–H groups in total. The summed E-state index contributed by atoms with van der Waals surface area (Å²) in [5.41, 5.74) is 0. The van der Waals surface area contributed by atoms with Gasteiger partial charge in [0.05, 0.1) is 0 Å². The van der Waals surface area contributed by atoms with E-state index in [1.807, 2.05) is 0 Å². The number of hydrogen-bond acceptors (Lipinski definition) is 1. The van der Waals surface area contributed by atoms with Gasteiger partial charge in [0.15, 0.2) is 0 Å². The molecule has 12 heavy (non-hydrogen) atoms. The summed E-state index contributed by atoms with van der Waals surface area (Å²) < 4.78 is 0. The minimum atomic E-state index is 0.519. The van der Waals surface area contributed by atoms with E-state index in [-0.39, 0.29) is 0 Å². The molecule has 1 heteroatoms. The fourth-order valence-electron chi connectivity index (χ4n) is 2.92. The highest BCUT2D eigenvalue weighted by Gasteiger charge is 2.33. The molecule has 0 aromatic carbocycles. The topological polar surface area (TPSA) is 17.1 Å². The van der Waals surface area contributed by atoms with Crippen LogP contribution in [0.15, 0.2) is 0 Å². The first kappa shape index (κ1) is 8.28. The summed E-state index contributed by atoms with van der Waals surface area (Å²) in [6.07, 6.45) is 7.02. The van der Waals surface area contributed by atoms with Gasteiger partial charge >= 0.3 is 0 Å². The van der Waals surface area contributed by atoms with E-state index in [9.17, 15) is 4.79 Å². The van der Waals surface area contributed by atoms with E-state index < -0.39 is 0 Å². The van der Waals surface area contributed by atoms with Gasteiger partial charge in [0.25, 0.3) is 0 Å². The van der Waals surface area contributed by atoms with Crippen molar-refractivity contribution in [3.05, 3.63) is 0 Å². The van der Waals surface area contributed by atoms with E-state index in [1.54, 1.807) is 0 Å². The summed E-state index contributed by atoms with van der Waals surface area (Å²) in [6.45, 7) is 2.35. The van der Waals surface area contributed by atoms with Crippen LogP contribution in [0, 0.1) is 17.8 Å². The lowest BCUT2D eigenvalue weighted by Crippen LogP contribution is -2.30. The van der Waals surface area contributed by atoms with Gasteiger partial charge in [-0.2, -0.15) is 0 Å². The minimum Gasteiger partial charge on any atom is -0.300 e. The monoisotopic (exact) mass is 166 g/mol. The standard InChI is InChI=1S/C11H18O/c1-8-2-3-10-7-11(12)5-4-9(10)6-8/h8-10H,2-7H2,1H3/t8-,9+,10-/m0/s1.